The van der Waals surface area contributed by atoms with Gasteiger partial charge in [0, 0.05) is 49.9 Å². The molecule has 17 heteroatoms. The van der Waals surface area contributed by atoms with E-state index in [1.165, 1.54) is 6.92 Å². The zero-order valence-corrected chi connectivity index (χ0v) is 51.3. The molecule has 0 radical (unpaired) electrons. The minimum absolute atomic E-state index is 0.0239. The largest absolute Gasteiger partial charge is 0.481 e. The standard InChI is InChI=1S/C64H104O17/c1-14-50(69)76-55(39(9)58(72)73)38(8)56-37(7)47(74-52(71)19-16-33(3)42-17-18-43-53-44(30-48(68)62(42,43)13)59(10)22-20-41(66)28-40(59)29-45(53)67)31-63(79-56)25-24-60(11,81-63)49-21-23-61(12,77-49)57-35(5)27-46(75-57)54-34(4)26-36(6)64(32-65,80-54)78-51(70)15-2/h33-49,53-57,65-68H,14-32H2,1-13H3,(H,72,73)/t33-,34+,35+,36-,37-,38+,39-,40+,41-,42-,43+,44+,45-,46-,47+,48+,49-,53+,54+,55-,56+,57?,59+,60+,61+,62-,63-,64+/m1/s1. The van der Waals surface area contributed by atoms with E-state index >= 15 is 0 Å². The lowest BCUT2D eigenvalue weighted by Gasteiger charge is -2.63. The van der Waals surface area contributed by atoms with Crippen molar-refractivity contribution < 1.29 is 82.6 Å². The molecule has 0 aromatic heterocycles. The van der Waals surface area contributed by atoms with Crippen LogP contribution in [-0.2, 0) is 57.1 Å². The van der Waals surface area contributed by atoms with Crippen LogP contribution in [-0.4, -0.2) is 140 Å². The highest BCUT2D eigenvalue weighted by atomic mass is 16.7. The molecule has 5 N–H and O–H groups in total. The van der Waals surface area contributed by atoms with Gasteiger partial charge in [-0.25, -0.2) is 0 Å². The third kappa shape index (κ3) is 11.4. The van der Waals surface area contributed by atoms with E-state index in [1.807, 2.05) is 20.8 Å². The SMILES string of the molecule is CCC(=O)O[C@H]([C@H](C)[C@H]1O[C@@]2(CC[C@@](C)([C@H]3CC[C@@](C)(C4O[C@@H]([C@H]5O[C@](CO)(OC(=O)CC)[C@H](C)C[C@@H]5C)C[C@@H]4C)O3)O2)C[C@H](OC(=O)CC[C@@H](C)[C@H]2CC[C@H]3[C@@H]4[C@H](O)C[C@@H]5C[C@H](O)CC[C@]5(C)[C@H]4C[C@H](O)[C@]23C)[C@H]1C)[C@@H](C)C(=O)O. The average Bonchev–Trinajstić information content (AvgIpc) is 4.09. The summed E-state index contributed by atoms with van der Waals surface area (Å²) in [7, 11) is 0. The minimum Gasteiger partial charge on any atom is -0.481 e. The van der Waals surface area contributed by atoms with Crippen LogP contribution in [0.2, 0.25) is 0 Å². The number of aliphatic carboxylic acids is 1. The van der Waals surface area contributed by atoms with E-state index in [4.69, 9.17) is 37.9 Å². The smallest absolute Gasteiger partial charge is 0.309 e. The normalized spacial score (nSPS) is 49.2. The Morgan fingerprint density at radius 1 is 0.741 bits per heavy atom. The van der Waals surface area contributed by atoms with Crippen molar-refractivity contribution in [1.82, 2.24) is 0 Å². The number of ether oxygens (including phenoxy) is 8. The molecule has 4 saturated carbocycles. The second kappa shape index (κ2) is 23.7. The van der Waals surface area contributed by atoms with Crippen LogP contribution in [0.5, 0.6) is 0 Å². The fourth-order valence-corrected chi connectivity index (χ4v) is 19.1. The van der Waals surface area contributed by atoms with E-state index in [-0.39, 0.29) is 115 Å². The van der Waals surface area contributed by atoms with Crippen molar-refractivity contribution in [3.8, 4) is 0 Å². The average molecular weight is 1150 g/mol. The fourth-order valence-electron chi connectivity index (χ4n) is 19.1. The molecule has 5 heterocycles. The number of fused-ring (bicyclic) bond motifs is 5. The fraction of sp³-hybridized carbons (Fsp3) is 0.938. The van der Waals surface area contributed by atoms with Crippen LogP contribution in [0, 0.1) is 81.8 Å². The van der Waals surface area contributed by atoms with Gasteiger partial charge in [0.05, 0.1) is 66.0 Å². The topological polar surface area (TPSA) is 243 Å². The van der Waals surface area contributed by atoms with Gasteiger partial charge in [-0.3, -0.25) is 19.2 Å². The van der Waals surface area contributed by atoms with Gasteiger partial charge in [0.25, 0.3) is 0 Å². The zero-order chi connectivity index (χ0) is 59.1. The molecule has 0 aromatic carbocycles. The summed E-state index contributed by atoms with van der Waals surface area (Å²) in [5, 5.41) is 55.6. The number of hydrogen-bond donors (Lipinski definition) is 5. The molecule has 0 bridgehead atoms. The van der Waals surface area contributed by atoms with Crippen LogP contribution in [0.25, 0.3) is 0 Å². The van der Waals surface area contributed by atoms with Crippen molar-refractivity contribution in [2.75, 3.05) is 6.61 Å². The monoisotopic (exact) mass is 1140 g/mol. The molecule has 5 aliphatic heterocycles. The Labute approximate surface area is 482 Å². The summed E-state index contributed by atoms with van der Waals surface area (Å²) in [6.45, 7) is 25.4. The molecule has 28 atom stereocenters. The molecular weight excluding hydrogens is 1040 g/mol. The van der Waals surface area contributed by atoms with Crippen molar-refractivity contribution in [3.05, 3.63) is 0 Å². The van der Waals surface area contributed by atoms with Gasteiger partial charge in [0.15, 0.2) is 5.79 Å². The van der Waals surface area contributed by atoms with Crippen LogP contribution in [0.4, 0.5) is 0 Å². The van der Waals surface area contributed by atoms with Crippen LogP contribution in [0.1, 0.15) is 206 Å². The van der Waals surface area contributed by atoms with E-state index in [0.717, 1.165) is 25.7 Å². The van der Waals surface area contributed by atoms with E-state index in [0.29, 0.717) is 64.2 Å². The molecule has 4 aliphatic carbocycles. The molecule has 0 amide bonds. The van der Waals surface area contributed by atoms with Gasteiger partial charge >= 0.3 is 23.9 Å². The lowest BCUT2D eigenvalue weighted by Crippen LogP contribution is -2.62. The van der Waals surface area contributed by atoms with Crippen LogP contribution >= 0.6 is 0 Å². The summed E-state index contributed by atoms with van der Waals surface area (Å²) in [6.07, 6.45) is 5.26. The van der Waals surface area contributed by atoms with E-state index < -0.39 is 107 Å². The first-order valence-corrected chi connectivity index (χ1v) is 31.9. The Kier molecular flexibility index (Phi) is 18.4. The second-order valence-electron chi connectivity index (χ2n) is 29.1. The lowest BCUT2D eigenvalue weighted by molar-refractivity contribution is -0.336. The molecule has 1 spiro atoms. The molecule has 1 unspecified atom stereocenters. The third-order valence-corrected chi connectivity index (χ3v) is 24.0. The number of carbonyl (C=O) groups excluding carboxylic acids is 3. The number of carboxylic acid groups (broad SMARTS) is 1. The Hall–Kier alpha value is -2.48. The summed E-state index contributed by atoms with van der Waals surface area (Å²) in [5.74, 6) is -6.41. The van der Waals surface area contributed by atoms with Gasteiger partial charge in [0.1, 0.15) is 18.8 Å². The summed E-state index contributed by atoms with van der Waals surface area (Å²) >= 11 is 0. The maximum Gasteiger partial charge on any atom is 0.309 e. The summed E-state index contributed by atoms with van der Waals surface area (Å²) in [5.41, 5.74) is -1.98. The maximum absolute atomic E-state index is 14.4. The third-order valence-electron chi connectivity index (χ3n) is 24.0. The van der Waals surface area contributed by atoms with Crippen molar-refractivity contribution in [1.29, 1.82) is 0 Å². The number of carbonyl (C=O) groups is 4. The first kappa shape index (κ1) is 63.0. The van der Waals surface area contributed by atoms with E-state index in [2.05, 4.69) is 48.5 Å². The van der Waals surface area contributed by atoms with Crippen LogP contribution < -0.4 is 0 Å². The molecule has 9 aliphatic rings. The molecular formula is C64H104O17. The highest BCUT2D eigenvalue weighted by Gasteiger charge is 2.67. The van der Waals surface area contributed by atoms with Crippen LogP contribution in [0.3, 0.4) is 0 Å². The van der Waals surface area contributed by atoms with Gasteiger partial charge < -0.3 is 63.4 Å². The van der Waals surface area contributed by atoms with Crippen molar-refractivity contribution >= 4 is 23.9 Å². The molecule has 0 aromatic rings. The molecule has 9 fully saturated rings. The summed E-state index contributed by atoms with van der Waals surface area (Å²) in [4.78, 5) is 52.6. The molecule has 462 valence electrons. The van der Waals surface area contributed by atoms with Crippen molar-refractivity contribution in [2.24, 2.45) is 81.8 Å². The van der Waals surface area contributed by atoms with Gasteiger partial charge in [-0.05, 0) is 162 Å². The lowest BCUT2D eigenvalue weighted by atomic mass is 9.43. The van der Waals surface area contributed by atoms with E-state index in [1.54, 1.807) is 13.8 Å². The predicted molar refractivity (Wildman–Crippen MR) is 297 cm³/mol. The molecule has 81 heavy (non-hydrogen) atoms. The van der Waals surface area contributed by atoms with Crippen LogP contribution in [0.15, 0.2) is 0 Å². The van der Waals surface area contributed by atoms with Gasteiger partial charge in [0.2, 0.25) is 5.79 Å². The summed E-state index contributed by atoms with van der Waals surface area (Å²) < 4.78 is 53.5. The number of carboxylic acids is 1. The van der Waals surface area contributed by atoms with Gasteiger partial charge in [-0.15, -0.1) is 0 Å². The van der Waals surface area contributed by atoms with Gasteiger partial charge in [-0.1, -0.05) is 69.2 Å². The van der Waals surface area contributed by atoms with Gasteiger partial charge in [-0.2, -0.15) is 0 Å². The highest BCUT2D eigenvalue weighted by Crippen LogP contribution is 2.69. The predicted octanol–water partition coefficient (Wildman–Crippen LogP) is 9.08. The quantitative estimate of drug-likeness (QED) is 0.0673. The molecule has 5 saturated heterocycles. The Balaban J connectivity index is 0.891. The summed E-state index contributed by atoms with van der Waals surface area (Å²) in [6, 6.07) is 0. The number of aliphatic hydroxyl groups excluding tert-OH is 4. The van der Waals surface area contributed by atoms with Crippen molar-refractivity contribution in [2.45, 2.75) is 289 Å². The molecule has 9 rings (SSSR count). The number of hydrogen-bond acceptors (Lipinski definition) is 16. The number of rotatable bonds is 17. The Morgan fingerprint density at radius 2 is 1.46 bits per heavy atom. The zero-order valence-electron chi connectivity index (χ0n) is 51.3. The van der Waals surface area contributed by atoms with Crippen molar-refractivity contribution in [3.63, 3.8) is 0 Å². The molecule has 17 nitrogen and oxygen atoms in total. The highest BCUT2D eigenvalue weighted by molar-refractivity contribution is 5.73. The first-order valence-electron chi connectivity index (χ1n) is 31.9. The second-order valence-corrected chi connectivity index (χ2v) is 29.1. The Bertz CT molecular complexity index is 2260. The Morgan fingerprint density at radius 3 is 2.14 bits per heavy atom. The van der Waals surface area contributed by atoms with E-state index in [9.17, 15) is 44.7 Å². The first-order chi connectivity index (χ1) is 38.0. The number of aliphatic hydroxyl groups is 4. The number of esters is 3. The minimum atomic E-state index is -1.45. The maximum atomic E-state index is 14.4.